The van der Waals surface area contributed by atoms with Crippen molar-refractivity contribution >= 4 is 27.8 Å². The van der Waals surface area contributed by atoms with Crippen LogP contribution in [0, 0.1) is 0 Å². The van der Waals surface area contributed by atoms with Gasteiger partial charge in [0.1, 0.15) is 11.7 Å². The molecule has 0 spiro atoms. The Morgan fingerprint density at radius 2 is 2.10 bits per heavy atom. The minimum Gasteiger partial charge on any atom is -0.480 e. The van der Waals surface area contributed by atoms with E-state index in [0.717, 1.165) is 17.3 Å². The largest absolute Gasteiger partial charge is 0.480 e. The molecule has 0 aliphatic carbocycles. The Balaban J connectivity index is 2.32. The van der Waals surface area contributed by atoms with Crippen LogP contribution in [0.4, 0.5) is 0 Å². The highest BCUT2D eigenvalue weighted by molar-refractivity contribution is 9.10. The van der Waals surface area contributed by atoms with Crippen LogP contribution in [0.15, 0.2) is 16.7 Å². The highest BCUT2D eigenvalue weighted by atomic mass is 79.9. The molecule has 0 bridgehead atoms. The maximum atomic E-state index is 12.7. The number of amides is 1. The smallest absolute Gasteiger partial charge is 0.326 e. The molecular formula is C14H19BrN2O3. The van der Waals surface area contributed by atoms with Crippen LogP contribution in [0.1, 0.15) is 49.6 Å². The van der Waals surface area contributed by atoms with Crippen molar-refractivity contribution in [3.63, 3.8) is 0 Å². The third kappa shape index (κ3) is 2.90. The maximum Gasteiger partial charge on any atom is 0.326 e. The Hall–Kier alpha value is -1.30. The molecule has 110 valence electrons. The lowest BCUT2D eigenvalue weighted by Gasteiger charge is -2.33. The zero-order chi connectivity index (χ0) is 14.9. The van der Waals surface area contributed by atoms with Crippen molar-refractivity contribution in [2.75, 3.05) is 6.54 Å². The van der Waals surface area contributed by atoms with Crippen LogP contribution >= 0.6 is 15.9 Å². The molecule has 1 saturated heterocycles. The summed E-state index contributed by atoms with van der Waals surface area (Å²) in [5.74, 6) is -1.11. The van der Waals surface area contributed by atoms with E-state index in [-0.39, 0.29) is 11.9 Å². The van der Waals surface area contributed by atoms with Crippen LogP contribution in [0.2, 0.25) is 0 Å². The number of carbonyl (C=O) groups is 2. The molecule has 1 fully saturated rings. The second kappa shape index (κ2) is 5.99. The molecule has 2 heterocycles. The molecule has 0 unspecified atom stereocenters. The van der Waals surface area contributed by atoms with Gasteiger partial charge in [0.2, 0.25) is 0 Å². The fourth-order valence-electron chi connectivity index (χ4n) is 2.62. The Bertz CT molecular complexity index is 524. The van der Waals surface area contributed by atoms with Gasteiger partial charge in [-0.25, -0.2) is 4.79 Å². The predicted octanol–water partition coefficient (Wildman–Crippen LogP) is 2.91. The van der Waals surface area contributed by atoms with Crippen molar-refractivity contribution in [2.45, 2.75) is 45.2 Å². The van der Waals surface area contributed by atoms with Gasteiger partial charge >= 0.3 is 5.97 Å². The maximum absolute atomic E-state index is 12.7. The normalized spacial score (nSPS) is 19.4. The number of hydrogen-bond donors (Lipinski definition) is 1. The molecule has 20 heavy (non-hydrogen) atoms. The summed E-state index contributed by atoms with van der Waals surface area (Å²) in [5.41, 5.74) is 0.542. The van der Waals surface area contributed by atoms with Crippen molar-refractivity contribution in [3.8, 4) is 0 Å². The topological polar surface area (TPSA) is 62.5 Å². The summed E-state index contributed by atoms with van der Waals surface area (Å²) < 4.78 is 2.71. The van der Waals surface area contributed by atoms with Gasteiger partial charge in [-0.05, 0) is 55.1 Å². The number of carboxylic acid groups (broad SMARTS) is 1. The summed E-state index contributed by atoms with van der Waals surface area (Å²) in [6.07, 6.45) is 4.11. The van der Waals surface area contributed by atoms with Gasteiger partial charge < -0.3 is 14.6 Å². The quantitative estimate of drug-likeness (QED) is 0.918. The molecule has 1 amide bonds. The van der Waals surface area contributed by atoms with Crippen molar-refractivity contribution in [3.05, 3.63) is 22.4 Å². The van der Waals surface area contributed by atoms with Gasteiger partial charge in [0.05, 0.1) is 0 Å². The van der Waals surface area contributed by atoms with Gasteiger partial charge in [0.15, 0.2) is 0 Å². The summed E-state index contributed by atoms with van der Waals surface area (Å²) in [7, 11) is 0. The van der Waals surface area contributed by atoms with E-state index in [0.29, 0.717) is 18.7 Å². The molecule has 1 aliphatic heterocycles. The van der Waals surface area contributed by atoms with E-state index < -0.39 is 12.0 Å². The Morgan fingerprint density at radius 1 is 1.40 bits per heavy atom. The van der Waals surface area contributed by atoms with E-state index in [1.54, 1.807) is 6.07 Å². The first-order valence-corrected chi connectivity index (χ1v) is 7.62. The standard InChI is InChI=1S/C14H19BrN2O3/c1-9(2)17-8-10(15)7-12(17)13(18)16-6-4-3-5-11(16)14(19)20/h7-9,11H,3-6H2,1-2H3,(H,19,20)/t11-/m0/s1. The van der Waals surface area contributed by atoms with Crippen molar-refractivity contribution in [2.24, 2.45) is 0 Å². The molecule has 0 radical (unpaired) electrons. The van der Waals surface area contributed by atoms with Crippen molar-refractivity contribution in [1.29, 1.82) is 0 Å². The number of rotatable bonds is 3. The van der Waals surface area contributed by atoms with Crippen molar-refractivity contribution in [1.82, 2.24) is 9.47 Å². The van der Waals surface area contributed by atoms with Gasteiger partial charge in [0.25, 0.3) is 5.91 Å². The zero-order valence-corrected chi connectivity index (χ0v) is 13.3. The Morgan fingerprint density at radius 3 is 2.70 bits per heavy atom. The van der Waals surface area contributed by atoms with E-state index in [4.69, 9.17) is 0 Å². The van der Waals surface area contributed by atoms with Crippen LogP contribution in [0.5, 0.6) is 0 Å². The lowest BCUT2D eigenvalue weighted by molar-refractivity contribution is -0.143. The van der Waals surface area contributed by atoms with Crippen LogP contribution in [0.25, 0.3) is 0 Å². The highest BCUT2D eigenvalue weighted by Gasteiger charge is 2.33. The van der Waals surface area contributed by atoms with Gasteiger partial charge in [-0.1, -0.05) is 0 Å². The first kappa shape index (κ1) is 15.1. The zero-order valence-electron chi connectivity index (χ0n) is 11.7. The van der Waals surface area contributed by atoms with Gasteiger partial charge in [-0.2, -0.15) is 0 Å². The molecule has 1 aromatic heterocycles. The number of piperidine rings is 1. The molecular weight excluding hydrogens is 324 g/mol. The molecule has 0 aromatic carbocycles. The lowest BCUT2D eigenvalue weighted by Crippen LogP contribution is -2.48. The number of carboxylic acids is 1. The van der Waals surface area contributed by atoms with Crippen LogP contribution < -0.4 is 0 Å². The first-order valence-electron chi connectivity index (χ1n) is 6.83. The molecule has 2 rings (SSSR count). The Kier molecular flexibility index (Phi) is 4.52. The SMILES string of the molecule is CC(C)n1cc(Br)cc1C(=O)N1CCCC[C@H]1C(=O)O. The third-order valence-corrected chi connectivity index (χ3v) is 4.07. The van der Waals surface area contributed by atoms with Crippen LogP contribution in [0.3, 0.4) is 0 Å². The third-order valence-electron chi connectivity index (χ3n) is 3.64. The first-order chi connectivity index (χ1) is 9.41. The number of aromatic nitrogens is 1. The van der Waals surface area contributed by atoms with E-state index in [2.05, 4.69) is 15.9 Å². The fraction of sp³-hybridized carbons (Fsp3) is 0.571. The number of halogens is 1. The van der Waals surface area contributed by atoms with E-state index in [1.165, 1.54) is 4.90 Å². The Labute approximate surface area is 126 Å². The summed E-state index contributed by atoms with van der Waals surface area (Å²) in [4.78, 5) is 25.5. The molecule has 1 atom stereocenters. The van der Waals surface area contributed by atoms with E-state index in [1.807, 2.05) is 24.6 Å². The van der Waals surface area contributed by atoms with E-state index >= 15 is 0 Å². The minimum atomic E-state index is -0.917. The molecule has 0 saturated carbocycles. The molecule has 1 aromatic rings. The summed E-state index contributed by atoms with van der Waals surface area (Å²) in [6.45, 7) is 4.50. The average Bonchev–Trinajstić information content (AvgIpc) is 2.80. The molecule has 1 aliphatic rings. The number of carbonyl (C=O) groups excluding carboxylic acids is 1. The molecule has 1 N–H and O–H groups in total. The summed E-state index contributed by atoms with van der Waals surface area (Å²) in [6, 6.07) is 1.20. The number of likely N-dealkylation sites (tertiary alicyclic amines) is 1. The monoisotopic (exact) mass is 342 g/mol. The summed E-state index contributed by atoms with van der Waals surface area (Å²) >= 11 is 3.38. The highest BCUT2D eigenvalue weighted by Crippen LogP contribution is 2.24. The van der Waals surface area contributed by atoms with E-state index in [9.17, 15) is 14.7 Å². The van der Waals surface area contributed by atoms with Gasteiger partial charge in [-0.15, -0.1) is 0 Å². The van der Waals surface area contributed by atoms with Crippen LogP contribution in [-0.2, 0) is 4.79 Å². The number of aliphatic carboxylic acids is 1. The molecule has 5 nitrogen and oxygen atoms in total. The fourth-order valence-corrected chi connectivity index (χ4v) is 3.06. The van der Waals surface area contributed by atoms with Crippen LogP contribution in [-0.4, -0.2) is 39.0 Å². The lowest BCUT2D eigenvalue weighted by atomic mass is 10.0. The summed E-state index contributed by atoms with van der Waals surface area (Å²) in [5, 5.41) is 9.28. The second-order valence-electron chi connectivity index (χ2n) is 5.39. The minimum absolute atomic E-state index is 0.147. The number of nitrogens with zero attached hydrogens (tertiary/aromatic N) is 2. The predicted molar refractivity (Wildman–Crippen MR) is 78.8 cm³/mol. The molecule has 6 heteroatoms. The number of hydrogen-bond acceptors (Lipinski definition) is 2. The van der Waals surface area contributed by atoms with Gasteiger partial charge in [-0.3, -0.25) is 4.79 Å². The average molecular weight is 343 g/mol. The van der Waals surface area contributed by atoms with Gasteiger partial charge in [0, 0.05) is 23.3 Å². The second-order valence-corrected chi connectivity index (χ2v) is 6.31. The van der Waals surface area contributed by atoms with Crippen molar-refractivity contribution < 1.29 is 14.7 Å².